The Hall–Kier alpha value is -2.54. The Bertz CT molecular complexity index is 1050. The fourth-order valence-electron chi connectivity index (χ4n) is 3.22. The van der Waals surface area contributed by atoms with Crippen molar-refractivity contribution in [3.05, 3.63) is 60.3 Å². The van der Waals surface area contributed by atoms with Gasteiger partial charge in [-0.05, 0) is 54.3 Å². The number of hydrogen-bond acceptors (Lipinski definition) is 3. The number of aliphatic carboxylic acids is 1. The van der Waals surface area contributed by atoms with Crippen molar-refractivity contribution in [2.24, 2.45) is 0 Å². The molecule has 0 saturated heterocycles. The first-order valence-corrected chi connectivity index (χ1v) is 10.0. The second-order valence-electron chi connectivity index (χ2n) is 6.73. The number of fused-ring (bicyclic) bond motifs is 1. The van der Waals surface area contributed by atoms with Crippen LogP contribution in [0.25, 0.3) is 22.0 Å². The molecule has 0 aliphatic heterocycles. The van der Waals surface area contributed by atoms with E-state index in [0.717, 1.165) is 22.4 Å². The highest BCUT2D eigenvalue weighted by molar-refractivity contribution is 8.01. The van der Waals surface area contributed by atoms with Gasteiger partial charge in [0.1, 0.15) is 4.75 Å². The van der Waals surface area contributed by atoms with Crippen LogP contribution in [-0.2, 0) is 11.0 Å². The lowest BCUT2D eigenvalue weighted by Crippen LogP contribution is -2.33. The number of carbonyl (C=O) groups is 1. The van der Waals surface area contributed by atoms with Gasteiger partial charge in [-0.1, -0.05) is 32.0 Å². The van der Waals surface area contributed by atoms with Crippen LogP contribution in [0, 0.1) is 0 Å². The maximum absolute atomic E-state index is 13.1. The summed E-state index contributed by atoms with van der Waals surface area (Å²) in [6, 6.07) is 12.2. The molecule has 1 aromatic heterocycles. The van der Waals surface area contributed by atoms with Gasteiger partial charge in [0, 0.05) is 16.5 Å². The number of hydrogen-bond donors (Lipinski definition) is 1. The van der Waals surface area contributed by atoms with Gasteiger partial charge in [-0.15, -0.1) is 11.8 Å². The number of alkyl halides is 3. The Labute approximate surface area is 171 Å². The normalized spacial score (nSPS) is 12.3. The zero-order chi connectivity index (χ0) is 21.2. The van der Waals surface area contributed by atoms with Gasteiger partial charge in [-0.3, -0.25) is 9.78 Å². The molecule has 1 N–H and O–H groups in total. The number of rotatable bonds is 6. The van der Waals surface area contributed by atoms with Gasteiger partial charge in [0.2, 0.25) is 0 Å². The monoisotopic (exact) mass is 419 g/mol. The third-order valence-corrected chi connectivity index (χ3v) is 6.78. The number of carboxylic acids is 1. The minimum atomic E-state index is -4.42. The molecule has 0 bridgehead atoms. The van der Waals surface area contributed by atoms with Crippen molar-refractivity contribution in [1.82, 2.24) is 4.98 Å². The van der Waals surface area contributed by atoms with E-state index < -0.39 is 22.5 Å². The summed E-state index contributed by atoms with van der Waals surface area (Å²) in [5.74, 6) is -0.883. The molecule has 152 valence electrons. The summed E-state index contributed by atoms with van der Waals surface area (Å²) in [5.41, 5.74) is 1.01. The third kappa shape index (κ3) is 4.24. The molecule has 0 spiro atoms. The van der Waals surface area contributed by atoms with Crippen LogP contribution in [0.5, 0.6) is 0 Å². The highest BCUT2D eigenvalue weighted by Gasteiger charge is 2.36. The molecule has 7 heteroatoms. The molecule has 2 aromatic carbocycles. The molecule has 0 fully saturated rings. The van der Waals surface area contributed by atoms with Crippen LogP contribution in [0.15, 0.2) is 59.6 Å². The third-order valence-electron chi connectivity index (χ3n) is 5.06. The average molecular weight is 419 g/mol. The van der Waals surface area contributed by atoms with E-state index in [9.17, 15) is 23.1 Å². The molecule has 0 amide bonds. The van der Waals surface area contributed by atoms with Gasteiger partial charge in [0.05, 0.1) is 11.1 Å². The SMILES string of the molecule is CCC(CC)(Sc1ccnc2ccc(-c3cccc(C(F)(F)F)c3)cc12)C(=O)O. The second kappa shape index (κ2) is 8.06. The van der Waals surface area contributed by atoms with E-state index in [4.69, 9.17) is 0 Å². The Morgan fingerprint density at radius 3 is 2.34 bits per heavy atom. The van der Waals surface area contributed by atoms with E-state index in [1.165, 1.54) is 17.8 Å². The first-order chi connectivity index (χ1) is 13.7. The molecule has 0 aliphatic carbocycles. The molecule has 3 nitrogen and oxygen atoms in total. The molecule has 3 aromatic rings. The average Bonchev–Trinajstić information content (AvgIpc) is 2.71. The molecule has 0 radical (unpaired) electrons. The maximum Gasteiger partial charge on any atom is 0.416 e. The minimum absolute atomic E-state index is 0.442. The summed E-state index contributed by atoms with van der Waals surface area (Å²) in [6.45, 7) is 3.67. The van der Waals surface area contributed by atoms with Crippen molar-refractivity contribution in [1.29, 1.82) is 0 Å². The Morgan fingerprint density at radius 2 is 1.72 bits per heavy atom. The lowest BCUT2D eigenvalue weighted by atomic mass is 10.0. The van der Waals surface area contributed by atoms with E-state index in [2.05, 4.69) is 4.98 Å². The van der Waals surface area contributed by atoms with Gasteiger partial charge >= 0.3 is 12.1 Å². The zero-order valence-corrected chi connectivity index (χ0v) is 16.8. The fourth-order valence-corrected chi connectivity index (χ4v) is 4.41. The summed E-state index contributed by atoms with van der Waals surface area (Å²) in [4.78, 5) is 17.0. The fraction of sp³-hybridized carbons (Fsp3) is 0.273. The number of halogens is 3. The van der Waals surface area contributed by atoms with Gasteiger partial charge in [0.25, 0.3) is 0 Å². The molecule has 0 aliphatic rings. The molecular weight excluding hydrogens is 399 g/mol. The molecule has 0 atom stereocenters. The number of thioether (sulfide) groups is 1. The van der Waals surface area contributed by atoms with Crippen LogP contribution in [0.3, 0.4) is 0 Å². The van der Waals surface area contributed by atoms with E-state index in [1.54, 1.807) is 36.5 Å². The zero-order valence-electron chi connectivity index (χ0n) is 16.0. The smallest absolute Gasteiger partial charge is 0.416 e. The molecule has 0 unspecified atom stereocenters. The van der Waals surface area contributed by atoms with E-state index in [0.29, 0.717) is 29.5 Å². The summed E-state index contributed by atoms with van der Waals surface area (Å²) in [5, 5.41) is 10.5. The van der Waals surface area contributed by atoms with Gasteiger partial charge in [0.15, 0.2) is 0 Å². The predicted octanol–water partition coefficient (Wildman–Crippen LogP) is 6.66. The highest BCUT2D eigenvalue weighted by Crippen LogP contribution is 2.42. The summed E-state index contributed by atoms with van der Waals surface area (Å²) in [6.07, 6.45) is -1.91. The first-order valence-electron chi connectivity index (χ1n) is 9.19. The van der Waals surface area contributed by atoms with Gasteiger partial charge < -0.3 is 5.11 Å². The van der Waals surface area contributed by atoms with Crippen molar-refractivity contribution in [2.75, 3.05) is 0 Å². The second-order valence-corrected chi connectivity index (χ2v) is 8.15. The highest BCUT2D eigenvalue weighted by atomic mass is 32.2. The van der Waals surface area contributed by atoms with Crippen LogP contribution < -0.4 is 0 Å². The minimum Gasteiger partial charge on any atom is -0.480 e. The topological polar surface area (TPSA) is 50.2 Å². The molecule has 29 heavy (non-hydrogen) atoms. The summed E-state index contributed by atoms with van der Waals surface area (Å²) < 4.78 is 38.2. The van der Waals surface area contributed by atoms with Crippen LogP contribution in [0.2, 0.25) is 0 Å². The van der Waals surface area contributed by atoms with E-state index in [-0.39, 0.29) is 0 Å². The molecule has 0 saturated carbocycles. The summed E-state index contributed by atoms with van der Waals surface area (Å²) >= 11 is 1.27. The van der Waals surface area contributed by atoms with E-state index in [1.807, 2.05) is 13.8 Å². The number of carboxylic acid groups (broad SMARTS) is 1. The van der Waals surface area contributed by atoms with Crippen molar-refractivity contribution >= 4 is 28.6 Å². The standard InChI is InChI=1S/C22H20F3NO2S/c1-3-21(4-2,20(27)28)29-19-10-11-26-18-9-8-15(13-17(18)19)14-6-5-7-16(12-14)22(23,24)25/h5-13H,3-4H2,1-2H3,(H,27,28). The number of pyridine rings is 1. The van der Waals surface area contributed by atoms with Crippen molar-refractivity contribution in [3.63, 3.8) is 0 Å². The quantitative estimate of drug-likeness (QED) is 0.454. The van der Waals surface area contributed by atoms with E-state index >= 15 is 0 Å². The van der Waals surface area contributed by atoms with Gasteiger partial charge in [-0.2, -0.15) is 13.2 Å². The molecule has 3 rings (SSSR count). The van der Waals surface area contributed by atoms with Crippen molar-refractivity contribution in [2.45, 2.75) is 42.5 Å². The Balaban J connectivity index is 2.11. The van der Waals surface area contributed by atoms with Crippen LogP contribution in [0.1, 0.15) is 32.3 Å². The Morgan fingerprint density at radius 1 is 1.03 bits per heavy atom. The van der Waals surface area contributed by atoms with Crippen LogP contribution >= 0.6 is 11.8 Å². The largest absolute Gasteiger partial charge is 0.480 e. The number of benzene rings is 2. The maximum atomic E-state index is 13.1. The molecule has 1 heterocycles. The lowest BCUT2D eigenvalue weighted by molar-refractivity contribution is -0.140. The Kier molecular flexibility index (Phi) is 5.89. The van der Waals surface area contributed by atoms with Crippen molar-refractivity contribution < 1.29 is 23.1 Å². The van der Waals surface area contributed by atoms with Gasteiger partial charge in [-0.25, -0.2) is 0 Å². The lowest BCUT2D eigenvalue weighted by Gasteiger charge is -2.26. The summed E-state index contributed by atoms with van der Waals surface area (Å²) in [7, 11) is 0. The van der Waals surface area contributed by atoms with Crippen LogP contribution in [-0.4, -0.2) is 20.8 Å². The molecular formula is C22H20F3NO2S. The number of aromatic nitrogens is 1. The number of nitrogens with zero attached hydrogens (tertiary/aromatic N) is 1. The first kappa shape index (κ1) is 21.2. The van der Waals surface area contributed by atoms with Crippen molar-refractivity contribution in [3.8, 4) is 11.1 Å². The predicted molar refractivity (Wildman–Crippen MR) is 109 cm³/mol. The van der Waals surface area contributed by atoms with Crippen LogP contribution in [0.4, 0.5) is 13.2 Å².